The maximum absolute atomic E-state index is 13.1. The Bertz CT molecular complexity index is 551. The molecule has 0 saturated heterocycles. The first-order valence-corrected chi connectivity index (χ1v) is 6.80. The summed E-state index contributed by atoms with van der Waals surface area (Å²) in [6, 6.07) is 7.08. The summed E-state index contributed by atoms with van der Waals surface area (Å²) in [5, 5.41) is 0.165. The number of nitrogens with zero attached hydrogens (tertiary/aromatic N) is 1. The van der Waals surface area contributed by atoms with E-state index < -0.39 is 0 Å². The molecular formula is C15H18ClFN2. The lowest BCUT2D eigenvalue weighted by atomic mass is 10.1. The molecule has 0 bridgehead atoms. The summed E-state index contributed by atoms with van der Waals surface area (Å²) >= 11 is 5.77. The molecule has 1 aromatic carbocycles. The van der Waals surface area contributed by atoms with E-state index in [0.29, 0.717) is 6.54 Å². The highest BCUT2D eigenvalue weighted by Gasteiger charge is 2.05. The van der Waals surface area contributed by atoms with Crippen LogP contribution in [0.2, 0.25) is 5.02 Å². The minimum absolute atomic E-state index is 0.165. The minimum Gasteiger partial charge on any atom is -0.350 e. The number of halogens is 2. The van der Waals surface area contributed by atoms with Gasteiger partial charge in [0.15, 0.2) is 0 Å². The summed E-state index contributed by atoms with van der Waals surface area (Å²) in [6.45, 7) is 2.77. The Morgan fingerprint density at radius 2 is 2.11 bits per heavy atom. The van der Waals surface area contributed by atoms with Gasteiger partial charge in [0.1, 0.15) is 5.82 Å². The number of rotatable bonds is 5. The van der Waals surface area contributed by atoms with E-state index in [1.165, 1.54) is 11.6 Å². The number of benzene rings is 1. The van der Waals surface area contributed by atoms with E-state index >= 15 is 0 Å². The Morgan fingerprint density at radius 1 is 1.32 bits per heavy atom. The van der Waals surface area contributed by atoms with Crippen LogP contribution in [-0.2, 0) is 13.0 Å². The zero-order valence-corrected chi connectivity index (χ0v) is 11.7. The van der Waals surface area contributed by atoms with Gasteiger partial charge in [-0.25, -0.2) is 4.39 Å². The highest BCUT2D eigenvalue weighted by atomic mass is 35.5. The average Bonchev–Trinajstić information content (AvgIpc) is 2.81. The van der Waals surface area contributed by atoms with Gasteiger partial charge >= 0.3 is 0 Å². The van der Waals surface area contributed by atoms with E-state index in [9.17, 15) is 4.39 Å². The summed E-state index contributed by atoms with van der Waals surface area (Å²) in [5.41, 5.74) is 8.14. The fourth-order valence-corrected chi connectivity index (χ4v) is 2.21. The highest BCUT2D eigenvalue weighted by Crippen LogP contribution is 2.17. The van der Waals surface area contributed by atoms with Crippen LogP contribution in [0.15, 0.2) is 36.7 Å². The van der Waals surface area contributed by atoms with Crippen molar-refractivity contribution in [3.63, 3.8) is 0 Å². The van der Waals surface area contributed by atoms with Crippen molar-refractivity contribution in [2.75, 3.05) is 0 Å². The first-order chi connectivity index (χ1) is 9.08. The molecule has 0 radical (unpaired) electrons. The molecule has 4 heteroatoms. The lowest BCUT2D eigenvalue weighted by Crippen LogP contribution is -2.21. The van der Waals surface area contributed by atoms with Crippen molar-refractivity contribution >= 4 is 11.6 Å². The molecular weight excluding hydrogens is 263 g/mol. The fraction of sp³-hybridized carbons (Fsp3) is 0.333. The quantitative estimate of drug-likeness (QED) is 0.891. The minimum atomic E-state index is -0.382. The molecule has 1 aromatic heterocycles. The van der Waals surface area contributed by atoms with Crippen LogP contribution in [0.4, 0.5) is 4.39 Å². The van der Waals surface area contributed by atoms with Crippen LogP contribution in [-0.4, -0.2) is 10.6 Å². The molecule has 102 valence electrons. The Kier molecular flexibility index (Phi) is 4.61. The topological polar surface area (TPSA) is 30.9 Å². The van der Waals surface area contributed by atoms with Gasteiger partial charge in [-0.3, -0.25) is 0 Å². The Labute approximate surface area is 118 Å². The first-order valence-electron chi connectivity index (χ1n) is 6.42. The fourth-order valence-electron chi connectivity index (χ4n) is 2.01. The van der Waals surface area contributed by atoms with E-state index in [0.717, 1.165) is 18.4 Å². The second kappa shape index (κ2) is 6.22. The largest absolute Gasteiger partial charge is 0.350 e. The molecule has 1 unspecified atom stereocenters. The van der Waals surface area contributed by atoms with Gasteiger partial charge in [0, 0.05) is 25.0 Å². The smallest absolute Gasteiger partial charge is 0.141 e. The molecule has 2 nitrogen and oxygen atoms in total. The van der Waals surface area contributed by atoms with Crippen molar-refractivity contribution in [3.05, 3.63) is 58.6 Å². The van der Waals surface area contributed by atoms with Crippen molar-refractivity contribution in [2.24, 2.45) is 5.73 Å². The van der Waals surface area contributed by atoms with E-state index in [-0.39, 0.29) is 16.9 Å². The van der Waals surface area contributed by atoms with Crippen LogP contribution >= 0.6 is 11.6 Å². The molecule has 0 aliphatic carbocycles. The Hall–Kier alpha value is -1.32. The van der Waals surface area contributed by atoms with Crippen LogP contribution in [0, 0.1) is 5.82 Å². The van der Waals surface area contributed by atoms with E-state index in [2.05, 4.69) is 23.8 Å². The number of nitrogens with two attached hydrogens (primary N) is 1. The first kappa shape index (κ1) is 14.1. The maximum atomic E-state index is 13.1. The van der Waals surface area contributed by atoms with Gasteiger partial charge in [-0.05, 0) is 42.2 Å². The van der Waals surface area contributed by atoms with Crippen molar-refractivity contribution in [2.45, 2.75) is 32.4 Å². The molecule has 1 atom stereocenters. The van der Waals surface area contributed by atoms with Crippen LogP contribution in [0.1, 0.15) is 24.5 Å². The van der Waals surface area contributed by atoms with Crippen LogP contribution < -0.4 is 5.73 Å². The van der Waals surface area contributed by atoms with E-state index in [1.54, 1.807) is 12.1 Å². The lowest BCUT2D eigenvalue weighted by Gasteiger charge is -2.07. The Balaban J connectivity index is 2.05. The molecule has 0 spiro atoms. The summed E-state index contributed by atoms with van der Waals surface area (Å²) in [6.07, 6.45) is 5.94. The van der Waals surface area contributed by atoms with Crippen molar-refractivity contribution < 1.29 is 4.39 Å². The molecule has 2 rings (SSSR count). The summed E-state index contributed by atoms with van der Waals surface area (Å²) in [4.78, 5) is 0. The molecule has 1 heterocycles. The van der Waals surface area contributed by atoms with Crippen LogP contribution in [0.25, 0.3) is 0 Å². The van der Waals surface area contributed by atoms with Crippen LogP contribution in [0.3, 0.4) is 0 Å². The standard InChI is InChI=1S/C15H18ClFN2/c1-2-13(18)7-12-5-6-19(10-12)9-11-3-4-15(17)14(16)8-11/h3-6,8,10,13H,2,7,9,18H2,1H3. The Morgan fingerprint density at radius 3 is 2.79 bits per heavy atom. The second-order valence-corrected chi connectivity index (χ2v) is 5.22. The van der Waals surface area contributed by atoms with Gasteiger partial charge in [0.25, 0.3) is 0 Å². The molecule has 0 amide bonds. The summed E-state index contributed by atoms with van der Waals surface area (Å²) < 4.78 is 15.1. The predicted molar refractivity (Wildman–Crippen MR) is 76.9 cm³/mol. The van der Waals surface area contributed by atoms with Gasteiger partial charge in [0.05, 0.1) is 5.02 Å². The predicted octanol–water partition coefficient (Wildman–Crippen LogP) is 3.61. The normalized spacial score (nSPS) is 12.6. The van der Waals surface area contributed by atoms with Gasteiger partial charge in [-0.15, -0.1) is 0 Å². The van der Waals surface area contributed by atoms with Crippen molar-refractivity contribution in [1.82, 2.24) is 4.57 Å². The third-order valence-corrected chi connectivity index (χ3v) is 3.47. The van der Waals surface area contributed by atoms with E-state index in [1.807, 2.05) is 6.20 Å². The molecule has 19 heavy (non-hydrogen) atoms. The molecule has 0 aliphatic heterocycles. The lowest BCUT2D eigenvalue weighted by molar-refractivity contribution is 0.626. The SMILES string of the molecule is CCC(N)Cc1ccn(Cc2ccc(F)c(Cl)c2)c1. The van der Waals surface area contributed by atoms with Crippen molar-refractivity contribution in [3.8, 4) is 0 Å². The molecule has 2 N–H and O–H groups in total. The third kappa shape index (κ3) is 3.82. The average molecular weight is 281 g/mol. The van der Waals surface area contributed by atoms with Gasteiger partial charge < -0.3 is 10.3 Å². The number of hydrogen-bond donors (Lipinski definition) is 1. The molecule has 0 saturated carbocycles. The van der Waals surface area contributed by atoms with E-state index in [4.69, 9.17) is 17.3 Å². The zero-order chi connectivity index (χ0) is 13.8. The number of hydrogen-bond acceptors (Lipinski definition) is 1. The highest BCUT2D eigenvalue weighted by molar-refractivity contribution is 6.30. The van der Waals surface area contributed by atoms with Crippen LogP contribution in [0.5, 0.6) is 0 Å². The maximum Gasteiger partial charge on any atom is 0.141 e. The zero-order valence-electron chi connectivity index (χ0n) is 10.9. The van der Waals surface area contributed by atoms with Gasteiger partial charge in [-0.2, -0.15) is 0 Å². The second-order valence-electron chi connectivity index (χ2n) is 4.81. The molecule has 0 aliphatic rings. The monoisotopic (exact) mass is 280 g/mol. The summed E-state index contributed by atoms with van der Waals surface area (Å²) in [5.74, 6) is -0.382. The third-order valence-electron chi connectivity index (χ3n) is 3.18. The van der Waals surface area contributed by atoms with Gasteiger partial charge in [0.2, 0.25) is 0 Å². The number of aromatic nitrogens is 1. The molecule has 2 aromatic rings. The van der Waals surface area contributed by atoms with Crippen molar-refractivity contribution in [1.29, 1.82) is 0 Å². The van der Waals surface area contributed by atoms with Gasteiger partial charge in [-0.1, -0.05) is 24.6 Å². The summed E-state index contributed by atoms with van der Waals surface area (Å²) in [7, 11) is 0. The molecule has 0 fully saturated rings.